The molecule has 0 radical (unpaired) electrons. The molecular formula is C34H39N5O5. The minimum Gasteiger partial charge on any atom is -0.493 e. The monoisotopic (exact) mass is 597 g/mol. The van der Waals surface area contributed by atoms with Crippen molar-refractivity contribution in [2.75, 3.05) is 33.3 Å². The largest absolute Gasteiger partial charge is 0.493 e. The van der Waals surface area contributed by atoms with Gasteiger partial charge < -0.3 is 29.4 Å². The molecule has 44 heavy (non-hydrogen) atoms. The van der Waals surface area contributed by atoms with Crippen LogP contribution in [0.5, 0.6) is 17.2 Å². The minimum atomic E-state index is -0.295. The molecule has 2 amide bonds. The molecular weight excluding hydrogens is 558 g/mol. The van der Waals surface area contributed by atoms with Crippen LogP contribution in [0.3, 0.4) is 0 Å². The van der Waals surface area contributed by atoms with Crippen LogP contribution < -0.4 is 14.8 Å². The van der Waals surface area contributed by atoms with Crippen molar-refractivity contribution in [2.24, 2.45) is 5.92 Å². The molecule has 4 heterocycles. The number of amides is 2. The molecule has 2 atom stereocenters. The summed E-state index contributed by atoms with van der Waals surface area (Å²) in [6.45, 7) is 7.09. The summed E-state index contributed by atoms with van der Waals surface area (Å²) >= 11 is 0. The number of aromatic amines is 1. The molecule has 10 nitrogen and oxygen atoms in total. The summed E-state index contributed by atoms with van der Waals surface area (Å²) in [6, 6.07) is 16.7. The number of ether oxygens (including phenoxy) is 3. The maximum atomic E-state index is 13.5. The van der Waals surface area contributed by atoms with Gasteiger partial charge in [0.1, 0.15) is 22.9 Å². The quantitative estimate of drug-likeness (QED) is 0.342. The van der Waals surface area contributed by atoms with Gasteiger partial charge in [0.15, 0.2) is 0 Å². The maximum absolute atomic E-state index is 13.5. The molecule has 230 valence electrons. The Morgan fingerprint density at radius 2 is 1.98 bits per heavy atom. The van der Waals surface area contributed by atoms with E-state index in [0.29, 0.717) is 48.5 Å². The van der Waals surface area contributed by atoms with E-state index in [1.165, 1.54) is 10.5 Å². The molecule has 1 fully saturated rings. The number of piperidine rings is 1. The molecule has 2 aromatic carbocycles. The third kappa shape index (κ3) is 7.03. The zero-order chi connectivity index (χ0) is 30.6. The van der Waals surface area contributed by atoms with E-state index >= 15 is 0 Å². The Bertz CT molecular complexity index is 1640. The van der Waals surface area contributed by atoms with Gasteiger partial charge in [-0.25, -0.2) is 4.98 Å². The van der Waals surface area contributed by atoms with Crippen molar-refractivity contribution in [1.29, 1.82) is 0 Å². The number of nitrogens with zero attached hydrogens (tertiary/aromatic N) is 3. The zero-order valence-electron chi connectivity index (χ0n) is 25.4. The Hall–Kier alpha value is -4.41. The first kappa shape index (κ1) is 29.7. The van der Waals surface area contributed by atoms with Gasteiger partial charge in [-0.15, -0.1) is 0 Å². The predicted molar refractivity (Wildman–Crippen MR) is 167 cm³/mol. The average molecular weight is 598 g/mol. The SMILES string of the molecule is CC(C)COc1cc2cc(c1)C(=O)N(C)CC(=O)N[C@H]1CCN(Cc3c[nH]c4ncccc34)C[C@@H]1OCc1cccc(c1)O2. The second-order valence-electron chi connectivity index (χ2n) is 12.1. The van der Waals surface area contributed by atoms with E-state index in [-0.39, 0.29) is 30.5 Å². The van der Waals surface area contributed by atoms with Crippen LogP contribution in [0.4, 0.5) is 0 Å². The van der Waals surface area contributed by atoms with Crippen LogP contribution in [-0.4, -0.2) is 77.0 Å². The minimum absolute atomic E-state index is 0.0829. The van der Waals surface area contributed by atoms with Crippen molar-refractivity contribution in [2.45, 2.75) is 45.6 Å². The first-order valence-corrected chi connectivity index (χ1v) is 15.1. The highest BCUT2D eigenvalue weighted by molar-refractivity contribution is 5.97. The summed E-state index contributed by atoms with van der Waals surface area (Å²) in [5.41, 5.74) is 3.39. The van der Waals surface area contributed by atoms with Gasteiger partial charge in [-0.3, -0.25) is 14.5 Å². The first-order valence-electron chi connectivity index (χ1n) is 15.1. The predicted octanol–water partition coefficient (Wildman–Crippen LogP) is 4.75. The summed E-state index contributed by atoms with van der Waals surface area (Å²) in [5.74, 6) is 1.44. The lowest BCUT2D eigenvalue weighted by Crippen LogP contribution is -2.56. The lowest BCUT2D eigenvalue weighted by molar-refractivity contribution is -0.125. The molecule has 6 rings (SSSR count). The fraction of sp³-hybridized carbons (Fsp3) is 0.382. The number of carbonyl (C=O) groups is 2. The van der Waals surface area contributed by atoms with Gasteiger partial charge in [0.25, 0.3) is 5.91 Å². The molecule has 10 heteroatoms. The van der Waals surface area contributed by atoms with Crippen LogP contribution in [0.25, 0.3) is 11.0 Å². The van der Waals surface area contributed by atoms with Gasteiger partial charge >= 0.3 is 0 Å². The van der Waals surface area contributed by atoms with Crippen LogP contribution in [0.15, 0.2) is 67.0 Å². The Morgan fingerprint density at radius 1 is 1.09 bits per heavy atom. The maximum Gasteiger partial charge on any atom is 0.254 e. The summed E-state index contributed by atoms with van der Waals surface area (Å²) < 4.78 is 18.7. The lowest BCUT2D eigenvalue weighted by Gasteiger charge is -2.39. The highest BCUT2D eigenvalue weighted by Gasteiger charge is 2.32. The van der Waals surface area contributed by atoms with Crippen molar-refractivity contribution in [1.82, 2.24) is 25.1 Å². The molecule has 4 aromatic rings. The Morgan fingerprint density at radius 3 is 2.84 bits per heavy atom. The molecule has 0 saturated carbocycles. The Balaban J connectivity index is 1.25. The van der Waals surface area contributed by atoms with Crippen LogP contribution in [0.2, 0.25) is 0 Å². The Labute approximate surface area is 257 Å². The number of benzene rings is 2. The first-order chi connectivity index (χ1) is 21.3. The van der Waals surface area contributed by atoms with Crippen LogP contribution in [0.1, 0.15) is 41.8 Å². The number of hydrogen-bond acceptors (Lipinski definition) is 7. The normalized spacial score (nSPS) is 19.9. The zero-order valence-corrected chi connectivity index (χ0v) is 25.4. The summed E-state index contributed by atoms with van der Waals surface area (Å²) in [6.07, 6.45) is 4.27. The van der Waals surface area contributed by atoms with Gasteiger partial charge in [-0.1, -0.05) is 26.0 Å². The van der Waals surface area contributed by atoms with Gasteiger partial charge in [-0.05, 0) is 59.9 Å². The van der Waals surface area contributed by atoms with E-state index < -0.39 is 0 Å². The standard InChI is InChI=1S/C34H39N5O5/c1-22(2)20-42-27-13-24-14-28(15-27)44-26-7-4-6-23(12-26)21-43-31-18-39(17-25-16-36-33-29(25)8-5-10-35-33)11-9-30(31)37-32(40)19-38(3)34(24)41/h4-8,10,12-16,22,30-31H,9,11,17-21H2,1-3H3,(H,35,36)(H,37,40)/t30-,31-/m0/s1. The van der Waals surface area contributed by atoms with Crippen molar-refractivity contribution in [3.63, 3.8) is 0 Å². The number of fused-ring (bicyclic) bond motifs is 6. The fourth-order valence-electron chi connectivity index (χ4n) is 5.74. The van der Waals surface area contributed by atoms with E-state index in [9.17, 15) is 9.59 Å². The number of rotatable bonds is 5. The number of likely N-dealkylation sites (N-methyl/N-ethyl adjacent to an activating group) is 1. The topological polar surface area (TPSA) is 109 Å². The Kier molecular flexibility index (Phi) is 8.81. The van der Waals surface area contributed by atoms with Gasteiger partial charge in [0.05, 0.1) is 31.9 Å². The lowest BCUT2D eigenvalue weighted by atomic mass is 10.0. The van der Waals surface area contributed by atoms with Crippen molar-refractivity contribution in [3.8, 4) is 17.2 Å². The van der Waals surface area contributed by atoms with E-state index in [1.54, 1.807) is 31.4 Å². The molecule has 4 bridgehead atoms. The van der Waals surface area contributed by atoms with Crippen LogP contribution in [0, 0.1) is 5.92 Å². The number of aromatic nitrogens is 2. The molecule has 2 N–H and O–H groups in total. The van der Waals surface area contributed by atoms with Gasteiger partial charge in [0.2, 0.25) is 5.91 Å². The second-order valence-corrected chi connectivity index (χ2v) is 12.1. The van der Waals surface area contributed by atoms with E-state index in [1.807, 2.05) is 36.5 Å². The number of H-pyrrole nitrogens is 1. The van der Waals surface area contributed by atoms with E-state index in [4.69, 9.17) is 14.2 Å². The number of pyridine rings is 1. The number of nitrogens with one attached hydrogen (secondary N) is 2. The highest BCUT2D eigenvalue weighted by atomic mass is 16.5. The van der Waals surface area contributed by atoms with E-state index in [0.717, 1.165) is 36.1 Å². The van der Waals surface area contributed by atoms with Crippen molar-refractivity contribution < 1.29 is 23.8 Å². The molecule has 2 aliphatic heterocycles. The summed E-state index contributed by atoms with van der Waals surface area (Å²) in [5, 5.41) is 4.27. The van der Waals surface area contributed by atoms with Crippen LogP contribution >= 0.6 is 0 Å². The van der Waals surface area contributed by atoms with Gasteiger partial charge in [-0.2, -0.15) is 0 Å². The molecule has 2 aliphatic rings. The number of carbonyl (C=O) groups excluding carboxylic acids is 2. The highest BCUT2D eigenvalue weighted by Crippen LogP contribution is 2.30. The smallest absolute Gasteiger partial charge is 0.254 e. The number of likely N-dealkylation sites (tertiary alicyclic amines) is 1. The molecule has 2 aromatic heterocycles. The average Bonchev–Trinajstić information content (AvgIpc) is 3.41. The number of hydrogen-bond donors (Lipinski definition) is 2. The summed E-state index contributed by atoms with van der Waals surface area (Å²) in [4.78, 5) is 38.2. The van der Waals surface area contributed by atoms with Crippen molar-refractivity contribution >= 4 is 22.8 Å². The third-order valence-corrected chi connectivity index (χ3v) is 7.96. The van der Waals surface area contributed by atoms with Crippen molar-refractivity contribution in [3.05, 3.63) is 83.7 Å². The van der Waals surface area contributed by atoms with Crippen LogP contribution in [-0.2, 0) is 22.7 Å². The van der Waals surface area contributed by atoms with E-state index in [2.05, 4.69) is 40.1 Å². The molecule has 1 saturated heterocycles. The molecule has 0 spiro atoms. The second kappa shape index (κ2) is 13.1. The molecule has 0 aliphatic carbocycles. The third-order valence-electron chi connectivity index (χ3n) is 7.96. The fourth-order valence-corrected chi connectivity index (χ4v) is 5.74. The van der Waals surface area contributed by atoms with Gasteiger partial charge in [0, 0.05) is 56.1 Å². The summed E-state index contributed by atoms with van der Waals surface area (Å²) in [7, 11) is 1.63. The molecule has 0 unspecified atom stereocenters.